The predicted molar refractivity (Wildman–Crippen MR) is 112 cm³/mol. The molecule has 1 aliphatic carbocycles. The molecule has 0 radical (unpaired) electrons. The average molecular weight is 395 g/mol. The summed E-state index contributed by atoms with van der Waals surface area (Å²) in [5, 5.41) is 3.09. The SMILES string of the molecule is COC(=O)c1ccc(CNC(=O)C2CCCCC2Cc2cccc(OC)c2)cc1. The number of rotatable bonds is 7. The summed E-state index contributed by atoms with van der Waals surface area (Å²) in [6, 6.07) is 15.3. The molecule has 0 heterocycles. The van der Waals surface area contributed by atoms with Gasteiger partial charge >= 0.3 is 5.97 Å². The van der Waals surface area contributed by atoms with Crippen molar-refractivity contribution in [3.8, 4) is 5.75 Å². The highest BCUT2D eigenvalue weighted by molar-refractivity contribution is 5.89. The third kappa shape index (κ3) is 5.59. The van der Waals surface area contributed by atoms with Gasteiger partial charge in [0.05, 0.1) is 19.8 Å². The van der Waals surface area contributed by atoms with Gasteiger partial charge in [-0.25, -0.2) is 4.79 Å². The quantitative estimate of drug-likeness (QED) is 0.716. The van der Waals surface area contributed by atoms with Gasteiger partial charge in [0.2, 0.25) is 5.91 Å². The molecule has 29 heavy (non-hydrogen) atoms. The molecule has 1 saturated carbocycles. The van der Waals surface area contributed by atoms with E-state index in [0.29, 0.717) is 18.0 Å². The minimum absolute atomic E-state index is 0.0318. The third-order valence-electron chi connectivity index (χ3n) is 5.72. The van der Waals surface area contributed by atoms with Crippen LogP contribution in [-0.4, -0.2) is 26.1 Å². The normalized spacial score (nSPS) is 18.7. The van der Waals surface area contributed by atoms with Crippen molar-refractivity contribution in [2.75, 3.05) is 14.2 Å². The van der Waals surface area contributed by atoms with Gasteiger partial charge in [-0.15, -0.1) is 0 Å². The van der Waals surface area contributed by atoms with Crippen LogP contribution < -0.4 is 10.1 Å². The minimum Gasteiger partial charge on any atom is -0.497 e. The Kier molecular flexibility index (Phi) is 7.28. The van der Waals surface area contributed by atoms with Gasteiger partial charge in [-0.3, -0.25) is 4.79 Å². The lowest BCUT2D eigenvalue weighted by molar-refractivity contribution is -0.127. The van der Waals surface area contributed by atoms with Gasteiger partial charge < -0.3 is 14.8 Å². The fourth-order valence-corrected chi connectivity index (χ4v) is 4.10. The number of benzene rings is 2. The molecule has 154 valence electrons. The van der Waals surface area contributed by atoms with Gasteiger partial charge in [0, 0.05) is 12.5 Å². The number of methoxy groups -OCH3 is 2. The van der Waals surface area contributed by atoms with Crippen molar-refractivity contribution in [3.05, 3.63) is 65.2 Å². The van der Waals surface area contributed by atoms with E-state index in [1.807, 2.05) is 24.3 Å². The Labute approximate surface area is 172 Å². The van der Waals surface area contributed by atoms with Crippen LogP contribution in [0.1, 0.15) is 47.2 Å². The molecule has 5 heteroatoms. The molecule has 0 saturated heterocycles. The molecule has 3 rings (SSSR count). The molecule has 0 spiro atoms. The van der Waals surface area contributed by atoms with Crippen LogP contribution in [0.5, 0.6) is 5.75 Å². The zero-order valence-corrected chi connectivity index (χ0v) is 17.1. The summed E-state index contributed by atoms with van der Waals surface area (Å²) in [6.07, 6.45) is 5.17. The first-order valence-corrected chi connectivity index (χ1v) is 10.2. The van der Waals surface area contributed by atoms with Crippen molar-refractivity contribution in [2.45, 2.75) is 38.6 Å². The Morgan fingerprint density at radius 1 is 1.00 bits per heavy atom. The zero-order chi connectivity index (χ0) is 20.6. The molecular weight excluding hydrogens is 366 g/mol. The number of esters is 1. The van der Waals surface area contributed by atoms with Gasteiger partial charge in [0.25, 0.3) is 0 Å². The second-order valence-corrected chi connectivity index (χ2v) is 7.61. The lowest BCUT2D eigenvalue weighted by Gasteiger charge is -2.31. The van der Waals surface area contributed by atoms with Gasteiger partial charge in [0.15, 0.2) is 0 Å². The summed E-state index contributed by atoms with van der Waals surface area (Å²) in [6.45, 7) is 0.461. The van der Waals surface area contributed by atoms with E-state index >= 15 is 0 Å². The van der Waals surface area contributed by atoms with Crippen LogP contribution in [-0.2, 0) is 22.5 Å². The molecule has 2 aromatic rings. The molecule has 2 atom stereocenters. The molecule has 1 amide bonds. The maximum Gasteiger partial charge on any atom is 0.337 e. The van der Waals surface area contributed by atoms with Gasteiger partial charge in [0.1, 0.15) is 5.75 Å². The van der Waals surface area contributed by atoms with E-state index in [1.54, 1.807) is 19.2 Å². The van der Waals surface area contributed by atoms with E-state index in [0.717, 1.165) is 37.0 Å². The molecule has 0 bridgehead atoms. The van der Waals surface area contributed by atoms with Crippen LogP contribution in [0.25, 0.3) is 0 Å². The number of hydrogen-bond donors (Lipinski definition) is 1. The first kappa shape index (κ1) is 20.9. The maximum absolute atomic E-state index is 12.9. The molecule has 1 fully saturated rings. The first-order valence-electron chi connectivity index (χ1n) is 10.2. The highest BCUT2D eigenvalue weighted by atomic mass is 16.5. The maximum atomic E-state index is 12.9. The number of carbonyl (C=O) groups excluding carboxylic acids is 2. The summed E-state index contributed by atoms with van der Waals surface area (Å²) in [5.41, 5.74) is 2.69. The van der Waals surface area contributed by atoms with Crippen molar-refractivity contribution in [1.82, 2.24) is 5.32 Å². The Hall–Kier alpha value is -2.82. The standard InChI is InChI=1S/C24H29NO4/c1-28-21-8-5-6-18(15-21)14-20-7-3-4-9-22(20)23(26)25-16-17-10-12-19(13-11-17)24(27)29-2/h5-6,8,10-13,15,20,22H,3-4,7,9,14,16H2,1-2H3,(H,25,26). The number of ether oxygens (including phenoxy) is 2. The Morgan fingerprint density at radius 3 is 2.48 bits per heavy atom. The van der Waals surface area contributed by atoms with Crippen LogP contribution in [0.15, 0.2) is 48.5 Å². The van der Waals surface area contributed by atoms with Gasteiger partial charge in [-0.05, 0) is 60.6 Å². The van der Waals surface area contributed by atoms with Crippen molar-refractivity contribution in [2.24, 2.45) is 11.8 Å². The average Bonchev–Trinajstić information content (AvgIpc) is 2.77. The molecule has 0 aliphatic heterocycles. The van der Waals surface area contributed by atoms with Crippen molar-refractivity contribution < 1.29 is 19.1 Å². The van der Waals surface area contributed by atoms with E-state index in [2.05, 4.69) is 17.4 Å². The van der Waals surface area contributed by atoms with Crippen molar-refractivity contribution in [3.63, 3.8) is 0 Å². The van der Waals surface area contributed by atoms with E-state index in [9.17, 15) is 9.59 Å². The zero-order valence-electron chi connectivity index (χ0n) is 17.1. The van der Waals surface area contributed by atoms with Crippen LogP contribution in [0, 0.1) is 11.8 Å². The van der Waals surface area contributed by atoms with Crippen molar-refractivity contribution >= 4 is 11.9 Å². The van der Waals surface area contributed by atoms with E-state index in [-0.39, 0.29) is 17.8 Å². The van der Waals surface area contributed by atoms with Crippen LogP contribution in [0.3, 0.4) is 0 Å². The lowest BCUT2D eigenvalue weighted by Crippen LogP contribution is -2.37. The molecule has 2 aromatic carbocycles. The van der Waals surface area contributed by atoms with Gasteiger partial charge in [-0.1, -0.05) is 37.1 Å². The monoisotopic (exact) mass is 395 g/mol. The smallest absolute Gasteiger partial charge is 0.337 e. The van der Waals surface area contributed by atoms with E-state index < -0.39 is 0 Å². The molecule has 1 N–H and O–H groups in total. The second kappa shape index (κ2) is 10.1. The van der Waals surface area contributed by atoms with Crippen LogP contribution in [0.2, 0.25) is 0 Å². The minimum atomic E-state index is -0.358. The largest absolute Gasteiger partial charge is 0.497 e. The third-order valence-corrected chi connectivity index (χ3v) is 5.72. The number of carbonyl (C=O) groups is 2. The second-order valence-electron chi connectivity index (χ2n) is 7.61. The van der Waals surface area contributed by atoms with E-state index in [4.69, 9.17) is 9.47 Å². The number of hydrogen-bond acceptors (Lipinski definition) is 4. The van der Waals surface area contributed by atoms with Crippen LogP contribution in [0.4, 0.5) is 0 Å². The topological polar surface area (TPSA) is 64.6 Å². The molecule has 2 unspecified atom stereocenters. The Bertz CT molecular complexity index is 831. The molecule has 1 aliphatic rings. The lowest BCUT2D eigenvalue weighted by atomic mass is 9.75. The summed E-state index contributed by atoms with van der Waals surface area (Å²) >= 11 is 0. The Balaban J connectivity index is 1.59. The molecule has 5 nitrogen and oxygen atoms in total. The Morgan fingerprint density at radius 2 is 1.76 bits per heavy atom. The van der Waals surface area contributed by atoms with Crippen molar-refractivity contribution in [1.29, 1.82) is 0 Å². The summed E-state index contributed by atoms with van der Waals surface area (Å²) in [7, 11) is 3.04. The van der Waals surface area contributed by atoms with Crippen LogP contribution >= 0.6 is 0 Å². The highest BCUT2D eigenvalue weighted by Gasteiger charge is 2.30. The summed E-state index contributed by atoms with van der Waals surface area (Å²) in [4.78, 5) is 24.4. The summed E-state index contributed by atoms with van der Waals surface area (Å²) < 4.78 is 10.0. The number of nitrogens with one attached hydrogen (secondary N) is 1. The predicted octanol–water partition coefficient (Wildman–Crippen LogP) is 4.15. The fourth-order valence-electron chi connectivity index (χ4n) is 4.10. The fraction of sp³-hybridized carbons (Fsp3) is 0.417. The first-order chi connectivity index (χ1) is 14.1. The highest BCUT2D eigenvalue weighted by Crippen LogP contribution is 2.33. The summed E-state index contributed by atoms with van der Waals surface area (Å²) in [5.74, 6) is 0.995. The van der Waals surface area contributed by atoms with E-state index in [1.165, 1.54) is 19.1 Å². The molecule has 0 aromatic heterocycles. The molecular formula is C24H29NO4. The number of amides is 1. The van der Waals surface area contributed by atoms with Gasteiger partial charge in [-0.2, -0.15) is 0 Å².